The number of aromatic nitrogens is 3. The highest BCUT2D eigenvalue weighted by atomic mass is 79.9. The van der Waals surface area contributed by atoms with Crippen molar-refractivity contribution in [2.75, 3.05) is 5.32 Å². The van der Waals surface area contributed by atoms with Gasteiger partial charge in [-0.2, -0.15) is 0 Å². The van der Waals surface area contributed by atoms with Crippen molar-refractivity contribution in [1.29, 1.82) is 0 Å². The molecule has 1 aromatic carbocycles. The van der Waals surface area contributed by atoms with Gasteiger partial charge in [-0.1, -0.05) is 35.5 Å². The highest BCUT2D eigenvalue weighted by Gasteiger charge is 2.15. The summed E-state index contributed by atoms with van der Waals surface area (Å²) in [6.07, 6.45) is -0.886. The number of hydrogen-bond donors (Lipinski definition) is 1. The number of aryl methyl sites for hydroxylation is 1. The van der Waals surface area contributed by atoms with Crippen molar-refractivity contribution in [3.8, 4) is 0 Å². The summed E-state index contributed by atoms with van der Waals surface area (Å²) in [6.45, 7) is 1.81. The van der Waals surface area contributed by atoms with Crippen molar-refractivity contribution in [2.45, 2.75) is 13.0 Å². The quantitative estimate of drug-likeness (QED) is 0.942. The third-order valence-electron chi connectivity index (χ3n) is 2.56. The number of rotatable bonds is 3. The fourth-order valence-electron chi connectivity index (χ4n) is 1.54. The monoisotopic (exact) mass is 324 g/mol. The molecule has 7 heteroatoms. The summed E-state index contributed by atoms with van der Waals surface area (Å²) >= 11 is 3.19. The molecule has 1 atom stereocenters. The molecule has 1 aromatic heterocycles. The number of anilines is 1. The van der Waals surface area contributed by atoms with Gasteiger partial charge in [0.25, 0.3) is 0 Å². The standard InChI is InChI=1S/C12H13BrN4O2/c1-8(9-6-4-3-5-7-9)19-12(18)14-11-10(13)15-16-17(11)2/h3-8H,1-2H3,(H,14,18)/t8-/m1/s1. The molecule has 0 fully saturated rings. The molecule has 1 heterocycles. The summed E-state index contributed by atoms with van der Waals surface area (Å²) in [7, 11) is 1.67. The third-order valence-corrected chi connectivity index (χ3v) is 3.09. The Bertz CT molecular complexity index is 551. The van der Waals surface area contributed by atoms with Crippen molar-refractivity contribution in [1.82, 2.24) is 15.0 Å². The lowest BCUT2D eigenvalue weighted by Crippen LogP contribution is -2.18. The Balaban J connectivity index is 1.99. The normalized spacial score (nSPS) is 11.9. The van der Waals surface area contributed by atoms with Crippen molar-refractivity contribution >= 4 is 27.8 Å². The Hall–Kier alpha value is -1.89. The molecule has 0 aliphatic carbocycles. The van der Waals surface area contributed by atoms with Crippen LogP contribution in [0.15, 0.2) is 34.9 Å². The van der Waals surface area contributed by atoms with Crippen LogP contribution in [0.3, 0.4) is 0 Å². The number of amides is 1. The minimum atomic E-state index is -0.553. The highest BCUT2D eigenvalue weighted by Crippen LogP contribution is 2.20. The van der Waals surface area contributed by atoms with Crippen molar-refractivity contribution in [3.05, 3.63) is 40.5 Å². The first-order chi connectivity index (χ1) is 9.08. The fraction of sp³-hybridized carbons (Fsp3) is 0.250. The molecule has 0 aliphatic rings. The van der Waals surface area contributed by atoms with Gasteiger partial charge in [0.15, 0.2) is 10.4 Å². The molecule has 0 saturated carbocycles. The van der Waals surface area contributed by atoms with Gasteiger partial charge < -0.3 is 4.74 Å². The van der Waals surface area contributed by atoms with E-state index >= 15 is 0 Å². The van der Waals surface area contributed by atoms with Crippen LogP contribution in [0.5, 0.6) is 0 Å². The summed E-state index contributed by atoms with van der Waals surface area (Å²) in [5.74, 6) is 0.449. The number of ether oxygens (including phenoxy) is 1. The average Bonchev–Trinajstić information content (AvgIpc) is 2.71. The van der Waals surface area contributed by atoms with Crippen LogP contribution in [0.2, 0.25) is 0 Å². The molecule has 6 nitrogen and oxygen atoms in total. The molecule has 0 spiro atoms. The summed E-state index contributed by atoms with van der Waals surface area (Å²) < 4.78 is 7.18. The van der Waals surface area contributed by atoms with E-state index in [0.29, 0.717) is 10.4 Å². The van der Waals surface area contributed by atoms with Crippen LogP contribution in [0.1, 0.15) is 18.6 Å². The van der Waals surface area contributed by atoms with E-state index in [-0.39, 0.29) is 6.10 Å². The van der Waals surface area contributed by atoms with Crippen molar-refractivity contribution < 1.29 is 9.53 Å². The zero-order valence-corrected chi connectivity index (χ0v) is 12.1. The van der Waals surface area contributed by atoms with E-state index in [1.807, 2.05) is 37.3 Å². The number of carbonyl (C=O) groups excluding carboxylic acids is 1. The summed E-state index contributed by atoms with van der Waals surface area (Å²) in [5, 5.41) is 10.1. The van der Waals surface area contributed by atoms with Crippen molar-refractivity contribution in [3.63, 3.8) is 0 Å². The molecule has 0 radical (unpaired) electrons. The predicted molar refractivity (Wildman–Crippen MR) is 73.7 cm³/mol. The van der Waals surface area contributed by atoms with E-state index in [0.717, 1.165) is 5.56 Å². The van der Waals surface area contributed by atoms with Gasteiger partial charge in [0, 0.05) is 7.05 Å². The zero-order valence-electron chi connectivity index (χ0n) is 10.5. The molecule has 100 valence electrons. The molecule has 0 unspecified atom stereocenters. The number of halogens is 1. The molecule has 19 heavy (non-hydrogen) atoms. The summed E-state index contributed by atoms with van der Waals surface area (Å²) in [5.41, 5.74) is 0.930. The maximum Gasteiger partial charge on any atom is 0.413 e. The first-order valence-corrected chi connectivity index (χ1v) is 6.45. The first kappa shape index (κ1) is 13.5. The largest absolute Gasteiger partial charge is 0.441 e. The second-order valence-corrected chi connectivity index (χ2v) is 4.69. The fourth-order valence-corrected chi connectivity index (χ4v) is 1.97. The second kappa shape index (κ2) is 5.83. The molecule has 0 aliphatic heterocycles. The minimum Gasteiger partial charge on any atom is -0.441 e. The van der Waals surface area contributed by atoms with Gasteiger partial charge in [-0.25, -0.2) is 9.48 Å². The molecule has 2 rings (SSSR count). The maximum atomic E-state index is 11.8. The predicted octanol–water partition coefficient (Wildman–Crippen LogP) is 2.89. The van der Waals surface area contributed by atoms with Crippen LogP contribution in [0, 0.1) is 0 Å². The van der Waals surface area contributed by atoms with E-state index in [4.69, 9.17) is 4.74 Å². The summed E-state index contributed by atoms with van der Waals surface area (Å²) in [4.78, 5) is 11.8. The van der Waals surface area contributed by atoms with E-state index in [1.54, 1.807) is 7.05 Å². The summed E-state index contributed by atoms with van der Waals surface area (Å²) in [6, 6.07) is 9.51. The highest BCUT2D eigenvalue weighted by molar-refractivity contribution is 9.10. The SMILES string of the molecule is C[C@@H](OC(=O)Nc1c(Br)nnn1C)c1ccccc1. The molecule has 0 saturated heterocycles. The number of benzene rings is 1. The van der Waals surface area contributed by atoms with Gasteiger partial charge in [0.1, 0.15) is 6.10 Å². The average molecular weight is 325 g/mol. The lowest BCUT2D eigenvalue weighted by Gasteiger charge is -2.14. The molecule has 1 N–H and O–H groups in total. The minimum absolute atomic E-state index is 0.332. The Kier molecular flexibility index (Phi) is 4.16. The first-order valence-electron chi connectivity index (χ1n) is 5.65. The van der Waals surface area contributed by atoms with Gasteiger partial charge in [0.05, 0.1) is 0 Å². The molecule has 2 aromatic rings. The van der Waals surface area contributed by atoms with Crippen LogP contribution in [-0.4, -0.2) is 21.1 Å². The van der Waals surface area contributed by atoms with Gasteiger partial charge in [-0.05, 0) is 28.4 Å². The van der Waals surface area contributed by atoms with E-state index in [9.17, 15) is 4.79 Å². The Morgan fingerprint density at radius 2 is 2.11 bits per heavy atom. The van der Waals surface area contributed by atoms with Crippen LogP contribution in [0.4, 0.5) is 10.6 Å². The second-order valence-electron chi connectivity index (χ2n) is 3.94. The topological polar surface area (TPSA) is 69.0 Å². The van der Waals surface area contributed by atoms with Gasteiger partial charge >= 0.3 is 6.09 Å². The van der Waals surface area contributed by atoms with Gasteiger partial charge in [-0.15, -0.1) is 5.10 Å². The van der Waals surface area contributed by atoms with Gasteiger partial charge in [0.2, 0.25) is 0 Å². The zero-order chi connectivity index (χ0) is 13.8. The third kappa shape index (κ3) is 3.31. The number of nitrogens with zero attached hydrogens (tertiary/aromatic N) is 3. The lowest BCUT2D eigenvalue weighted by atomic mass is 10.1. The number of hydrogen-bond acceptors (Lipinski definition) is 4. The maximum absolute atomic E-state index is 11.8. The van der Waals surface area contributed by atoms with Crippen LogP contribution >= 0.6 is 15.9 Å². The Labute approximate surface area is 118 Å². The lowest BCUT2D eigenvalue weighted by molar-refractivity contribution is 0.121. The Morgan fingerprint density at radius 3 is 2.68 bits per heavy atom. The molecular weight excluding hydrogens is 312 g/mol. The number of nitrogens with one attached hydrogen (secondary N) is 1. The van der Waals surface area contributed by atoms with Crippen LogP contribution in [-0.2, 0) is 11.8 Å². The smallest absolute Gasteiger partial charge is 0.413 e. The van der Waals surface area contributed by atoms with Crippen LogP contribution < -0.4 is 5.32 Å². The van der Waals surface area contributed by atoms with E-state index in [2.05, 4.69) is 31.6 Å². The van der Waals surface area contributed by atoms with Crippen molar-refractivity contribution in [2.24, 2.45) is 7.05 Å². The molecule has 0 bridgehead atoms. The molecule has 1 amide bonds. The van der Waals surface area contributed by atoms with Gasteiger partial charge in [-0.3, -0.25) is 5.32 Å². The molecular formula is C12H13BrN4O2. The van der Waals surface area contributed by atoms with Crippen LogP contribution in [0.25, 0.3) is 0 Å². The van der Waals surface area contributed by atoms with E-state index < -0.39 is 6.09 Å². The Morgan fingerprint density at radius 1 is 1.42 bits per heavy atom. The number of carbonyl (C=O) groups is 1. The van der Waals surface area contributed by atoms with E-state index in [1.165, 1.54) is 4.68 Å².